The molecule has 2 amide bonds. The molecule has 1 aromatic heterocycles. The molecule has 9 nitrogen and oxygen atoms in total. The minimum Gasteiger partial charge on any atom is -0.454 e. The molecule has 6 rings (SSSR count). The molecule has 0 spiro atoms. The van der Waals surface area contributed by atoms with Gasteiger partial charge in [-0.05, 0) is 55.2 Å². The second kappa shape index (κ2) is 8.53. The minimum absolute atomic E-state index is 0.0717. The van der Waals surface area contributed by atoms with Gasteiger partial charge in [0.05, 0.1) is 11.6 Å². The lowest BCUT2D eigenvalue weighted by Gasteiger charge is -2.20. The van der Waals surface area contributed by atoms with Crippen molar-refractivity contribution in [3.63, 3.8) is 0 Å². The highest BCUT2D eigenvalue weighted by atomic mass is 32.1. The molecule has 10 heteroatoms. The van der Waals surface area contributed by atoms with Gasteiger partial charge in [0.15, 0.2) is 28.1 Å². The van der Waals surface area contributed by atoms with E-state index in [1.807, 2.05) is 18.2 Å². The Morgan fingerprint density at radius 3 is 2.53 bits per heavy atom. The fraction of sp³-hybridized carbons (Fsp3) is 0.292. The van der Waals surface area contributed by atoms with Gasteiger partial charge in [0.25, 0.3) is 5.91 Å². The summed E-state index contributed by atoms with van der Waals surface area (Å²) < 4.78 is 21.4. The normalized spacial score (nSPS) is 17.2. The molecule has 1 unspecified atom stereocenters. The molecule has 3 heterocycles. The molecule has 2 aromatic carbocycles. The van der Waals surface area contributed by atoms with Crippen LogP contribution in [0.3, 0.4) is 0 Å². The number of hydrogen-bond acceptors (Lipinski definition) is 8. The van der Waals surface area contributed by atoms with Gasteiger partial charge in [-0.1, -0.05) is 6.07 Å². The first-order valence-electron chi connectivity index (χ1n) is 11.0. The Balaban J connectivity index is 1.13. The largest absolute Gasteiger partial charge is 0.454 e. The average Bonchev–Trinajstić information content (AvgIpc) is 3.60. The molecular weight excluding hydrogens is 458 g/mol. The number of benzene rings is 2. The third-order valence-corrected chi connectivity index (χ3v) is 7.08. The average molecular weight is 480 g/mol. The fourth-order valence-electron chi connectivity index (χ4n) is 4.30. The second-order valence-electron chi connectivity index (χ2n) is 8.20. The van der Waals surface area contributed by atoms with E-state index in [4.69, 9.17) is 18.9 Å². The summed E-state index contributed by atoms with van der Waals surface area (Å²) in [5.74, 6) is 1.87. The van der Waals surface area contributed by atoms with E-state index in [2.05, 4.69) is 15.6 Å². The SMILES string of the molecule is O=C(Nc1nc2c(s1)CCCC2C(=O)NCc1ccc2c(c1)OCO2)c1ccc2c(c1)OCO2. The van der Waals surface area contributed by atoms with Crippen molar-refractivity contribution in [3.8, 4) is 23.0 Å². The molecule has 1 aliphatic carbocycles. The predicted molar refractivity (Wildman–Crippen MR) is 123 cm³/mol. The van der Waals surface area contributed by atoms with Crippen molar-refractivity contribution in [1.82, 2.24) is 10.3 Å². The lowest BCUT2D eigenvalue weighted by atomic mass is 9.90. The Bertz CT molecular complexity index is 1290. The molecule has 1 atom stereocenters. The molecule has 0 fully saturated rings. The van der Waals surface area contributed by atoms with E-state index in [0.717, 1.165) is 35.4 Å². The maximum atomic E-state index is 13.0. The number of aryl methyl sites for hydroxylation is 1. The molecule has 0 bridgehead atoms. The van der Waals surface area contributed by atoms with Gasteiger partial charge in [-0.2, -0.15) is 0 Å². The Kier molecular flexibility index (Phi) is 5.21. The van der Waals surface area contributed by atoms with Crippen LogP contribution in [-0.2, 0) is 17.8 Å². The molecule has 0 saturated carbocycles. The molecule has 0 saturated heterocycles. The van der Waals surface area contributed by atoms with Gasteiger partial charge in [0, 0.05) is 17.0 Å². The summed E-state index contributed by atoms with van der Waals surface area (Å²) >= 11 is 1.42. The van der Waals surface area contributed by atoms with Crippen molar-refractivity contribution >= 4 is 28.3 Å². The number of amides is 2. The molecule has 0 radical (unpaired) electrons. The van der Waals surface area contributed by atoms with Crippen molar-refractivity contribution < 1.29 is 28.5 Å². The number of nitrogens with one attached hydrogen (secondary N) is 2. The number of carbonyl (C=O) groups is 2. The molecule has 174 valence electrons. The number of thiazole rings is 1. The van der Waals surface area contributed by atoms with E-state index < -0.39 is 0 Å². The standard InChI is InChI=1S/C24H21N3O6S/c28-22(14-5-7-17-19(9-14)33-12-31-17)27-24-26-21-15(2-1-3-20(21)34-24)23(29)25-10-13-4-6-16-18(8-13)32-11-30-16/h4-9,15H,1-3,10-12H2,(H,25,29)(H,26,27,28). The van der Waals surface area contributed by atoms with E-state index in [0.29, 0.717) is 40.2 Å². The Morgan fingerprint density at radius 2 is 1.71 bits per heavy atom. The number of anilines is 1. The van der Waals surface area contributed by atoms with Gasteiger partial charge in [-0.15, -0.1) is 11.3 Å². The lowest BCUT2D eigenvalue weighted by molar-refractivity contribution is -0.123. The van der Waals surface area contributed by atoms with E-state index in [1.165, 1.54) is 11.3 Å². The van der Waals surface area contributed by atoms with Crippen LogP contribution in [0.4, 0.5) is 5.13 Å². The highest BCUT2D eigenvalue weighted by Crippen LogP contribution is 2.38. The summed E-state index contributed by atoms with van der Waals surface area (Å²) in [4.78, 5) is 31.4. The number of fused-ring (bicyclic) bond motifs is 3. The lowest BCUT2D eigenvalue weighted by Crippen LogP contribution is -2.31. The van der Waals surface area contributed by atoms with Crippen LogP contribution in [0.1, 0.15) is 45.3 Å². The number of aromatic nitrogens is 1. The van der Waals surface area contributed by atoms with Gasteiger partial charge in [-0.3, -0.25) is 14.9 Å². The van der Waals surface area contributed by atoms with Crippen LogP contribution in [-0.4, -0.2) is 30.4 Å². The van der Waals surface area contributed by atoms with Crippen LogP contribution in [0.5, 0.6) is 23.0 Å². The monoisotopic (exact) mass is 479 g/mol. The maximum absolute atomic E-state index is 13.0. The number of rotatable bonds is 5. The summed E-state index contributed by atoms with van der Waals surface area (Å²) in [6.45, 7) is 0.754. The quantitative estimate of drug-likeness (QED) is 0.576. The molecule has 2 aliphatic heterocycles. The number of ether oxygens (including phenoxy) is 4. The van der Waals surface area contributed by atoms with Gasteiger partial charge >= 0.3 is 0 Å². The first-order valence-corrected chi connectivity index (χ1v) is 11.8. The van der Waals surface area contributed by atoms with E-state index in [-0.39, 0.29) is 31.3 Å². The number of nitrogens with zero attached hydrogens (tertiary/aromatic N) is 1. The smallest absolute Gasteiger partial charge is 0.257 e. The van der Waals surface area contributed by atoms with Crippen LogP contribution < -0.4 is 29.6 Å². The highest BCUT2D eigenvalue weighted by molar-refractivity contribution is 7.16. The van der Waals surface area contributed by atoms with Gasteiger partial charge in [0.2, 0.25) is 19.5 Å². The fourth-order valence-corrected chi connectivity index (χ4v) is 5.36. The van der Waals surface area contributed by atoms with Crippen LogP contribution in [0, 0.1) is 0 Å². The molecular formula is C24H21N3O6S. The zero-order valence-electron chi connectivity index (χ0n) is 18.1. The first kappa shape index (κ1) is 20.8. The predicted octanol–water partition coefficient (Wildman–Crippen LogP) is 3.59. The third-order valence-electron chi connectivity index (χ3n) is 6.03. The van der Waals surface area contributed by atoms with E-state index >= 15 is 0 Å². The van der Waals surface area contributed by atoms with Crippen LogP contribution in [0.15, 0.2) is 36.4 Å². The number of carbonyl (C=O) groups excluding carboxylic acids is 2. The zero-order valence-corrected chi connectivity index (χ0v) is 18.9. The summed E-state index contributed by atoms with van der Waals surface area (Å²) in [5.41, 5.74) is 2.14. The summed E-state index contributed by atoms with van der Waals surface area (Å²) in [6, 6.07) is 10.7. The molecule has 3 aromatic rings. The van der Waals surface area contributed by atoms with Crippen molar-refractivity contribution in [2.24, 2.45) is 0 Å². The van der Waals surface area contributed by atoms with E-state index in [1.54, 1.807) is 18.2 Å². The third kappa shape index (κ3) is 3.90. The Labute approximate surface area is 199 Å². The van der Waals surface area contributed by atoms with Crippen LogP contribution in [0.2, 0.25) is 0 Å². The zero-order chi connectivity index (χ0) is 23.1. The number of hydrogen-bond donors (Lipinski definition) is 2. The topological polar surface area (TPSA) is 108 Å². The Morgan fingerprint density at radius 1 is 0.971 bits per heavy atom. The van der Waals surface area contributed by atoms with Crippen molar-refractivity contribution in [2.75, 3.05) is 18.9 Å². The van der Waals surface area contributed by atoms with Gasteiger partial charge in [0.1, 0.15) is 0 Å². The summed E-state index contributed by atoms with van der Waals surface area (Å²) in [5, 5.41) is 6.37. The maximum Gasteiger partial charge on any atom is 0.257 e. The van der Waals surface area contributed by atoms with E-state index in [9.17, 15) is 9.59 Å². The van der Waals surface area contributed by atoms with Crippen LogP contribution >= 0.6 is 11.3 Å². The minimum atomic E-state index is -0.342. The van der Waals surface area contributed by atoms with Crippen molar-refractivity contribution in [3.05, 3.63) is 58.1 Å². The van der Waals surface area contributed by atoms with Crippen LogP contribution in [0.25, 0.3) is 0 Å². The highest BCUT2D eigenvalue weighted by Gasteiger charge is 2.30. The van der Waals surface area contributed by atoms with Crippen molar-refractivity contribution in [1.29, 1.82) is 0 Å². The van der Waals surface area contributed by atoms with Gasteiger partial charge in [-0.25, -0.2) is 4.98 Å². The first-order chi connectivity index (χ1) is 16.6. The Hall–Kier alpha value is -3.79. The second-order valence-corrected chi connectivity index (χ2v) is 9.28. The molecule has 2 N–H and O–H groups in total. The summed E-state index contributed by atoms with van der Waals surface area (Å²) in [6.07, 6.45) is 2.46. The molecule has 3 aliphatic rings. The van der Waals surface area contributed by atoms with Gasteiger partial charge < -0.3 is 24.3 Å². The van der Waals surface area contributed by atoms with Crippen molar-refractivity contribution in [2.45, 2.75) is 31.7 Å². The molecule has 34 heavy (non-hydrogen) atoms. The summed E-state index contributed by atoms with van der Waals surface area (Å²) in [7, 11) is 0.